The molecule has 0 aliphatic heterocycles. The third-order valence-corrected chi connectivity index (χ3v) is 3.02. The van der Waals surface area contributed by atoms with Crippen molar-refractivity contribution in [3.63, 3.8) is 0 Å². The molecule has 1 aromatic rings. The molecule has 1 aromatic carbocycles. The molecule has 0 heterocycles. The van der Waals surface area contributed by atoms with Crippen molar-refractivity contribution in [1.82, 2.24) is 0 Å². The SMILES string of the molecule is CCC(C)c1ccc(C(N)C(C)O)cc1. The maximum absolute atomic E-state index is 9.37. The topological polar surface area (TPSA) is 46.2 Å². The molecule has 15 heavy (non-hydrogen) atoms. The van der Waals surface area contributed by atoms with Gasteiger partial charge in [0.05, 0.1) is 12.1 Å². The van der Waals surface area contributed by atoms with Gasteiger partial charge in [-0.2, -0.15) is 0 Å². The molecule has 0 fully saturated rings. The van der Waals surface area contributed by atoms with Crippen molar-refractivity contribution in [2.75, 3.05) is 0 Å². The van der Waals surface area contributed by atoms with E-state index in [9.17, 15) is 5.11 Å². The molecule has 0 spiro atoms. The molecule has 0 amide bonds. The van der Waals surface area contributed by atoms with Gasteiger partial charge in [-0.05, 0) is 30.4 Å². The zero-order valence-corrected chi connectivity index (χ0v) is 9.77. The first-order valence-corrected chi connectivity index (χ1v) is 5.59. The minimum absolute atomic E-state index is 0.281. The molecule has 0 radical (unpaired) electrons. The van der Waals surface area contributed by atoms with Crippen LogP contribution in [0.15, 0.2) is 24.3 Å². The Labute approximate surface area is 92.1 Å². The molecule has 0 aliphatic carbocycles. The van der Waals surface area contributed by atoms with Gasteiger partial charge in [-0.1, -0.05) is 38.1 Å². The van der Waals surface area contributed by atoms with Crippen LogP contribution >= 0.6 is 0 Å². The fourth-order valence-corrected chi connectivity index (χ4v) is 1.56. The summed E-state index contributed by atoms with van der Waals surface area (Å²) in [6.07, 6.45) is 0.640. The zero-order chi connectivity index (χ0) is 11.4. The third-order valence-electron chi connectivity index (χ3n) is 3.02. The first-order valence-electron chi connectivity index (χ1n) is 5.59. The lowest BCUT2D eigenvalue weighted by molar-refractivity contribution is 0.164. The minimum atomic E-state index is -0.501. The molecule has 0 saturated carbocycles. The maximum Gasteiger partial charge on any atom is 0.0704 e. The monoisotopic (exact) mass is 207 g/mol. The van der Waals surface area contributed by atoms with Crippen molar-refractivity contribution >= 4 is 0 Å². The first-order chi connectivity index (χ1) is 7.06. The summed E-state index contributed by atoms with van der Waals surface area (Å²) in [6, 6.07) is 7.95. The Morgan fingerprint density at radius 2 is 1.60 bits per heavy atom. The second kappa shape index (κ2) is 5.29. The predicted octanol–water partition coefficient (Wildman–Crippen LogP) is 2.58. The van der Waals surface area contributed by atoms with E-state index in [4.69, 9.17) is 5.73 Å². The highest BCUT2D eigenvalue weighted by Crippen LogP contribution is 2.21. The van der Waals surface area contributed by atoms with Gasteiger partial charge in [0.1, 0.15) is 0 Å². The highest BCUT2D eigenvalue weighted by Gasteiger charge is 2.12. The average Bonchev–Trinajstić information content (AvgIpc) is 2.27. The van der Waals surface area contributed by atoms with Gasteiger partial charge in [0.15, 0.2) is 0 Å². The molecule has 0 bridgehead atoms. The molecule has 2 nitrogen and oxygen atoms in total. The Morgan fingerprint density at radius 1 is 1.13 bits per heavy atom. The molecule has 0 aromatic heterocycles. The van der Waals surface area contributed by atoms with Crippen LogP contribution in [-0.4, -0.2) is 11.2 Å². The van der Waals surface area contributed by atoms with E-state index >= 15 is 0 Å². The molecular formula is C13H21NO. The van der Waals surface area contributed by atoms with Crippen molar-refractivity contribution in [2.24, 2.45) is 5.73 Å². The van der Waals surface area contributed by atoms with E-state index in [-0.39, 0.29) is 6.04 Å². The van der Waals surface area contributed by atoms with Crippen LogP contribution in [0.3, 0.4) is 0 Å². The largest absolute Gasteiger partial charge is 0.391 e. The van der Waals surface area contributed by atoms with Gasteiger partial charge < -0.3 is 10.8 Å². The summed E-state index contributed by atoms with van der Waals surface area (Å²) in [7, 11) is 0. The van der Waals surface area contributed by atoms with E-state index in [1.807, 2.05) is 12.1 Å². The quantitative estimate of drug-likeness (QED) is 0.797. The molecule has 3 atom stereocenters. The summed E-state index contributed by atoms with van der Waals surface area (Å²) >= 11 is 0. The smallest absolute Gasteiger partial charge is 0.0704 e. The molecule has 0 aliphatic rings. The Bertz CT molecular complexity index is 292. The maximum atomic E-state index is 9.37. The number of hydrogen-bond donors (Lipinski definition) is 2. The molecule has 1 rings (SSSR count). The van der Waals surface area contributed by atoms with Gasteiger partial charge in [0.25, 0.3) is 0 Å². The van der Waals surface area contributed by atoms with E-state index < -0.39 is 6.10 Å². The van der Waals surface area contributed by atoms with Gasteiger partial charge in [0.2, 0.25) is 0 Å². The normalized spacial score (nSPS) is 17.1. The van der Waals surface area contributed by atoms with Crippen LogP contribution in [0.5, 0.6) is 0 Å². The average molecular weight is 207 g/mol. The van der Waals surface area contributed by atoms with Crippen molar-refractivity contribution in [3.05, 3.63) is 35.4 Å². The van der Waals surface area contributed by atoms with E-state index in [0.29, 0.717) is 5.92 Å². The number of hydrogen-bond acceptors (Lipinski definition) is 2. The summed E-state index contributed by atoms with van der Waals surface area (Å²) < 4.78 is 0. The molecule has 84 valence electrons. The highest BCUT2D eigenvalue weighted by atomic mass is 16.3. The first kappa shape index (κ1) is 12.2. The minimum Gasteiger partial charge on any atom is -0.391 e. The molecular weight excluding hydrogens is 186 g/mol. The summed E-state index contributed by atoms with van der Waals surface area (Å²) in [6.45, 7) is 6.11. The standard InChI is InChI=1S/C13H21NO/c1-4-9(2)11-5-7-12(8-6-11)13(14)10(3)15/h5-10,13,15H,4,14H2,1-3H3. The van der Waals surface area contributed by atoms with E-state index in [1.165, 1.54) is 5.56 Å². The van der Waals surface area contributed by atoms with E-state index in [1.54, 1.807) is 6.92 Å². The number of aliphatic hydroxyl groups is 1. The fourth-order valence-electron chi connectivity index (χ4n) is 1.56. The second-order valence-corrected chi connectivity index (χ2v) is 4.24. The summed E-state index contributed by atoms with van der Waals surface area (Å²) in [5, 5.41) is 9.37. The lowest BCUT2D eigenvalue weighted by Crippen LogP contribution is -2.23. The fraction of sp³-hybridized carbons (Fsp3) is 0.538. The van der Waals surface area contributed by atoms with E-state index in [2.05, 4.69) is 26.0 Å². The number of benzene rings is 1. The van der Waals surface area contributed by atoms with Crippen LogP contribution in [0.2, 0.25) is 0 Å². The van der Waals surface area contributed by atoms with Crippen molar-refractivity contribution in [2.45, 2.75) is 45.3 Å². The summed E-state index contributed by atoms with van der Waals surface area (Å²) in [4.78, 5) is 0. The summed E-state index contributed by atoms with van der Waals surface area (Å²) in [5.41, 5.74) is 8.18. The lowest BCUT2D eigenvalue weighted by Gasteiger charge is -2.16. The molecule has 3 unspecified atom stereocenters. The number of rotatable bonds is 4. The zero-order valence-electron chi connectivity index (χ0n) is 9.77. The van der Waals surface area contributed by atoms with E-state index in [0.717, 1.165) is 12.0 Å². The third kappa shape index (κ3) is 3.05. The van der Waals surface area contributed by atoms with Gasteiger partial charge >= 0.3 is 0 Å². The number of nitrogens with two attached hydrogens (primary N) is 1. The van der Waals surface area contributed by atoms with Gasteiger partial charge in [0, 0.05) is 0 Å². The summed E-state index contributed by atoms with van der Waals surface area (Å²) in [5.74, 6) is 0.585. The Hall–Kier alpha value is -0.860. The molecule has 0 saturated heterocycles. The lowest BCUT2D eigenvalue weighted by atomic mass is 9.95. The number of aliphatic hydroxyl groups excluding tert-OH is 1. The van der Waals surface area contributed by atoms with Crippen molar-refractivity contribution < 1.29 is 5.11 Å². The van der Waals surface area contributed by atoms with Crippen LogP contribution < -0.4 is 5.73 Å². The van der Waals surface area contributed by atoms with Gasteiger partial charge in [-0.15, -0.1) is 0 Å². The van der Waals surface area contributed by atoms with Crippen molar-refractivity contribution in [1.29, 1.82) is 0 Å². The van der Waals surface area contributed by atoms with Crippen LogP contribution in [0.1, 0.15) is 50.3 Å². The highest BCUT2D eigenvalue weighted by molar-refractivity contribution is 5.27. The molecule has 3 N–H and O–H groups in total. The predicted molar refractivity (Wildman–Crippen MR) is 63.8 cm³/mol. The van der Waals surface area contributed by atoms with Crippen LogP contribution in [0.4, 0.5) is 0 Å². The van der Waals surface area contributed by atoms with Gasteiger partial charge in [-0.25, -0.2) is 0 Å². The van der Waals surface area contributed by atoms with Crippen LogP contribution in [-0.2, 0) is 0 Å². The Morgan fingerprint density at radius 3 is 2.00 bits per heavy atom. The Kier molecular flexibility index (Phi) is 4.30. The van der Waals surface area contributed by atoms with Crippen LogP contribution in [0, 0.1) is 0 Å². The van der Waals surface area contributed by atoms with Gasteiger partial charge in [-0.3, -0.25) is 0 Å². The second-order valence-electron chi connectivity index (χ2n) is 4.24. The van der Waals surface area contributed by atoms with Crippen molar-refractivity contribution in [3.8, 4) is 0 Å². The van der Waals surface area contributed by atoms with Crippen LogP contribution in [0.25, 0.3) is 0 Å². The Balaban J connectivity index is 2.80. The molecule has 2 heteroatoms.